The molecule has 0 radical (unpaired) electrons. The highest BCUT2D eigenvalue weighted by atomic mass is 16.6. The van der Waals surface area contributed by atoms with Gasteiger partial charge >= 0.3 is 5.97 Å². The predicted molar refractivity (Wildman–Crippen MR) is 32.9 cm³/mol. The lowest BCUT2D eigenvalue weighted by Crippen LogP contribution is -2.58. The molecule has 0 aliphatic carbocycles. The Morgan fingerprint density at radius 1 is 1.70 bits per heavy atom. The number of esters is 1. The Kier molecular flexibility index (Phi) is 1.61. The van der Waals surface area contributed by atoms with E-state index in [1.807, 2.05) is 0 Å². The van der Waals surface area contributed by atoms with Crippen molar-refractivity contribution in [1.29, 1.82) is 0 Å². The van der Waals surface area contributed by atoms with Crippen LogP contribution in [0.2, 0.25) is 0 Å². The van der Waals surface area contributed by atoms with Crippen molar-refractivity contribution in [1.82, 2.24) is 5.32 Å². The van der Waals surface area contributed by atoms with Crippen molar-refractivity contribution < 1.29 is 14.3 Å². The molecule has 4 nitrogen and oxygen atoms in total. The third-order valence-corrected chi connectivity index (χ3v) is 1.45. The number of hydrogen-bond donors (Lipinski definition) is 1. The third kappa shape index (κ3) is 1.10. The molecule has 0 aromatic carbocycles. The Labute approximate surface area is 58.5 Å². The van der Waals surface area contributed by atoms with Gasteiger partial charge in [-0.2, -0.15) is 0 Å². The normalized spacial score (nSPS) is 30.4. The molecule has 10 heavy (non-hydrogen) atoms. The molecule has 1 rings (SSSR count). The SMILES string of the molecule is CC(=O)O[C@@H]1NC(=O)[C@@H]1C. The zero-order chi connectivity index (χ0) is 7.72. The first-order valence-corrected chi connectivity index (χ1v) is 3.09. The zero-order valence-corrected chi connectivity index (χ0v) is 5.88. The lowest BCUT2D eigenvalue weighted by atomic mass is 10.0. The molecule has 1 amide bonds. The first-order valence-electron chi connectivity index (χ1n) is 3.09. The fourth-order valence-electron chi connectivity index (χ4n) is 0.748. The zero-order valence-electron chi connectivity index (χ0n) is 5.88. The second kappa shape index (κ2) is 2.28. The molecule has 1 fully saturated rings. The molecule has 1 N–H and O–H groups in total. The van der Waals surface area contributed by atoms with Gasteiger partial charge in [-0.25, -0.2) is 0 Å². The van der Waals surface area contributed by atoms with Crippen LogP contribution in [0.15, 0.2) is 0 Å². The van der Waals surface area contributed by atoms with E-state index in [4.69, 9.17) is 4.74 Å². The van der Waals surface area contributed by atoms with Crippen LogP contribution in [-0.2, 0) is 14.3 Å². The summed E-state index contributed by atoms with van der Waals surface area (Å²) >= 11 is 0. The van der Waals surface area contributed by atoms with Crippen molar-refractivity contribution in [2.75, 3.05) is 0 Å². The van der Waals surface area contributed by atoms with E-state index in [2.05, 4.69) is 5.32 Å². The maximum atomic E-state index is 10.5. The van der Waals surface area contributed by atoms with Crippen LogP contribution in [0.1, 0.15) is 13.8 Å². The molecule has 1 heterocycles. The van der Waals surface area contributed by atoms with Crippen LogP contribution < -0.4 is 5.32 Å². The van der Waals surface area contributed by atoms with Crippen LogP contribution >= 0.6 is 0 Å². The summed E-state index contributed by atoms with van der Waals surface area (Å²) in [5.74, 6) is -0.619. The van der Waals surface area contributed by atoms with Crippen LogP contribution in [0.25, 0.3) is 0 Å². The van der Waals surface area contributed by atoms with Crippen LogP contribution in [0, 0.1) is 5.92 Å². The van der Waals surface area contributed by atoms with Gasteiger partial charge in [-0.05, 0) is 6.92 Å². The lowest BCUT2D eigenvalue weighted by molar-refractivity contribution is -0.165. The van der Waals surface area contributed by atoms with Gasteiger partial charge in [0.25, 0.3) is 0 Å². The van der Waals surface area contributed by atoms with Crippen molar-refractivity contribution in [2.45, 2.75) is 20.1 Å². The summed E-state index contributed by atoms with van der Waals surface area (Å²) in [6, 6.07) is 0. The Balaban J connectivity index is 2.34. The summed E-state index contributed by atoms with van der Waals surface area (Å²) in [4.78, 5) is 20.8. The van der Waals surface area contributed by atoms with E-state index in [-0.39, 0.29) is 17.8 Å². The largest absolute Gasteiger partial charge is 0.441 e. The van der Waals surface area contributed by atoms with Crippen molar-refractivity contribution in [3.63, 3.8) is 0 Å². The minimum absolute atomic E-state index is 0.0637. The highest BCUT2D eigenvalue weighted by Crippen LogP contribution is 2.14. The van der Waals surface area contributed by atoms with Gasteiger partial charge in [0.2, 0.25) is 5.91 Å². The highest BCUT2D eigenvalue weighted by Gasteiger charge is 2.37. The van der Waals surface area contributed by atoms with Crippen LogP contribution in [-0.4, -0.2) is 18.1 Å². The molecule has 0 bridgehead atoms. The van der Waals surface area contributed by atoms with Crippen molar-refractivity contribution in [3.05, 3.63) is 0 Å². The number of nitrogens with one attached hydrogen (secondary N) is 1. The molecule has 2 atom stereocenters. The Hall–Kier alpha value is -1.06. The smallest absolute Gasteiger partial charge is 0.304 e. The van der Waals surface area contributed by atoms with Crippen LogP contribution in [0.4, 0.5) is 0 Å². The Bertz CT molecular complexity index is 178. The topological polar surface area (TPSA) is 55.4 Å². The predicted octanol–water partition coefficient (Wildman–Crippen LogP) is -0.359. The first-order chi connectivity index (χ1) is 4.61. The first kappa shape index (κ1) is 7.05. The average Bonchev–Trinajstić information content (AvgIpc) is 1.86. The third-order valence-electron chi connectivity index (χ3n) is 1.45. The summed E-state index contributed by atoms with van der Waals surface area (Å²) in [6.45, 7) is 3.03. The molecule has 1 saturated heterocycles. The van der Waals surface area contributed by atoms with Crippen LogP contribution in [0.5, 0.6) is 0 Å². The van der Waals surface area contributed by atoms with Gasteiger partial charge in [0.15, 0.2) is 6.23 Å². The summed E-state index contributed by atoms with van der Waals surface area (Å²) in [5.41, 5.74) is 0. The monoisotopic (exact) mass is 143 g/mol. The van der Waals surface area contributed by atoms with Gasteiger partial charge in [-0.15, -0.1) is 0 Å². The van der Waals surface area contributed by atoms with Gasteiger partial charge in [-0.1, -0.05) is 0 Å². The number of carbonyl (C=O) groups is 2. The molecule has 56 valence electrons. The minimum atomic E-state index is -0.398. The van der Waals surface area contributed by atoms with E-state index in [1.54, 1.807) is 6.92 Å². The van der Waals surface area contributed by atoms with E-state index < -0.39 is 6.23 Å². The summed E-state index contributed by atoms with van der Waals surface area (Å²) in [7, 11) is 0. The summed E-state index contributed by atoms with van der Waals surface area (Å²) < 4.78 is 4.70. The van der Waals surface area contributed by atoms with E-state index in [0.29, 0.717) is 0 Å². The van der Waals surface area contributed by atoms with Gasteiger partial charge in [0.1, 0.15) is 0 Å². The molecular weight excluding hydrogens is 134 g/mol. The van der Waals surface area contributed by atoms with Gasteiger partial charge in [0.05, 0.1) is 5.92 Å². The molecule has 1 aliphatic heterocycles. The quantitative estimate of drug-likeness (QED) is 0.403. The molecule has 4 heteroatoms. The van der Waals surface area contributed by atoms with Crippen molar-refractivity contribution >= 4 is 11.9 Å². The molecule has 0 aromatic heterocycles. The van der Waals surface area contributed by atoms with Crippen molar-refractivity contribution in [2.24, 2.45) is 5.92 Å². The second-order valence-electron chi connectivity index (χ2n) is 2.33. The fraction of sp³-hybridized carbons (Fsp3) is 0.667. The Morgan fingerprint density at radius 2 is 2.30 bits per heavy atom. The number of ether oxygens (including phenoxy) is 1. The highest BCUT2D eigenvalue weighted by molar-refractivity contribution is 5.85. The molecule has 0 spiro atoms. The van der Waals surface area contributed by atoms with Gasteiger partial charge in [-0.3, -0.25) is 9.59 Å². The van der Waals surface area contributed by atoms with Gasteiger partial charge < -0.3 is 10.1 Å². The molecule has 1 aliphatic rings. The number of rotatable bonds is 1. The number of carbonyl (C=O) groups excluding carboxylic acids is 2. The molecular formula is C6H9NO3. The summed E-state index contributed by atoms with van der Waals surface area (Å²) in [5, 5.41) is 2.44. The molecule has 0 saturated carbocycles. The van der Waals surface area contributed by atoms with E-state index in [1.165, 1.54) is 6.92 Å². The molecule has 0 unspecified atom stereocenters. The van der Waals surface area contributed by atoms with Crippen molar-refractivity contribution in [3.8, 4) is 0 Å². The fourth-order valence-corrected chi connectivity index (χ4v) is 0.748. The average molecular weight is 143 g/mol. The second-order valence-corrected chi connectivity index (χ2v) is 2.33. The van der Waals surface area contributed by atoms with Gasteiger partial charge in [0, 0.05) is 6.92 Å². The Morgan fingerprint density at radius 3 is 2.60 bits per heavy atom. The maximum absolute atomic E-state index is 10.5. The van der Waals surface area contributed by atoms with Crippen LogP contribution in [0.3, 0.4) is 0 Å². The van der Waals surface area contributed by atoms with E-state index in [0.717, 1.165) is 0 Å². The summed E-state index contributed by atoms with van der Waals surface area (Å²) in [6.07, 6.45) is -0.398. The van der Waals surface area contributed by atoms with E-state index >= 15 is 0 Å². The maximum Gasteiger partial charge on any atom is 0.304 e. The number of β-lactam (4-membered cyclic amide) rings is 1. The minimum Gasteiger partial charge on any atom is -0.441 e. The van der Waals surface area contributed by atoms with E-state index in [9.17, 15) is 9.59 Å². The number of hydrogen-bond acceptors (Lipinski definition) is 3. The molecule has 0 aromatic rings. The standard InChI is InChI=1S/C6H9NO3/c1-3-5(9)7-6(3)10-4(2)8/h3,6H,1-2H3,(H,7,9)/t3-,6-/m0/s1. The number of amides is 1. The lowest BCUT2D eigenvalue weighted by Gasteiger charge is -2.32.